The zero-order chi connectivity index (χ0) is 20.5. The molecule has 2 unspecified atom stereocenters. The third-order valence-corrected chi connectivity index (χ3v) is 5.94. The van der Waals surface area contributed by atoms with E-state index >= 15 is 0 Å². The average Bonchev–Trinajstić information content (AvgIpc) is 3.00. The first kappa shape index (κ1) is 19.4. The number of nitrogens with zero attached hydrogens (tertiary/aromatic N) is 2. The molecule has 2 atom stereocenters. The predicted molar refractivity (Wildman–Crippen MR) is 109 cm³/mol. The first-order chi connectivity index (χ1) is 14.0. The van der Waals surface area contributed by atoms with Crippen LogP contribution in [0.3, 0.4) is 0 Å². The van der Waals surface area contributed by atoms with Gasteiger partial charge in [0.2, 0.25) is 5.91 Å². The quantitative estimate of drug-likeness (QED) is 0.709. The molecule has 2 aliphatic heterocycles. The number of carbonyl (C=O) groups is 2. The van der Waals surface area contributed by atoms with E-state index in [-0.39, 0.29) is 28.9 Å². The van der Waals surface area contributed by atoms with Gasteiger partial charge in [-0.2, -0.15) is 0 Å². The second-order valence-electron chi connectivity index (χ2n) is 6.85. The minimum Gasteiger partial charge on any atom is -0.457 e. The lowest BCUT2D eigenvalue weighted by Crippen LogP contribution is -2.41. The molecule has 0 N–H and O–H groups in total. The molecule has 2 aromatic carbocycles. The third-order valence-electron chi connectivity index (χ3n) is 4.89. The van der Waals surface area contributed by atoms with Crippen molar-refractivity contribution in [3.05, 3.63) is 82.8 Å². The lowest BCUT2D eigenvalue weighted by atomic mass is 9.94. The predicted octanol–water partition coefficient (Wildman–Crippen LogP) is 4.22. The molecule has 0 bridgehead atoms. The zero-order valence-electron chi connectivity index (χ0n) is 16.0. The fourth-order valence-electron chi connectivity index (χ4n) is 3.46. The minimum absolute atomic E-state index is 0.0795. The number of thioether (sulfide) groups is 1. The van der Waals surface area contributed by atoms with E-state index in [1.807, 2.05) is 30.3 Å². The van der Waals surface area contributed by atoms with Crippen molar-refractivity contribution in [2.24, 2.45) is 4.99 Å². The van der Waals surface area contributed by atoms with Gasteiger partial charge in [-0.3, -0.25) is 9.69 Å². The molecule has 29 heavy (non-hydrogen) atoms. The molecule has 0 radical (unpaired) electrons. The van der Waals surface area contributed by atoms with E-state index in [1.165, 1.54) is 22.7 Å². The standard InChI is InChI=1S/C22H19FN2O3S/c1-13-18(21(27)28-12-15-8-4-3-5-9-15)19(16-10-6-7-11-17(16)23)25-20(26)14(2)29-22(25)24-13/h3-11,14,19H,12H2,1-2H3. The molecule has 2 aromatic rings. The largest absolute Gasteiger partial charge is 0.457 e. The van der Waals surface area contributed by atoms with E-state index in [1.54, 1.807) is 32.0 Å². The molecule has 1 amide bonds. The Balaban J connectivity index is 1.73. The molecule has 4 rings (SSSR count). The summed E-state index contributed by atoms with van der Waals surface area (Å²) in [4.78, 5) is 31.7. The molecule has 1 saturated heterocycles. The van der Waals surface area contributed by atoms with Crippen LogP contribution in [-0.2, 0) is 20.9 Å². The highest BCUT2D eigenvalue weighted by atomic mass is 32.2. The van der Waals surface area contributed by atoms with Gasteiger partial charge in [0, 0.05) is 5.56 Å². The summed E-state index contributed by atoms with van der Waals surface area (Å²) in [6.07, 6.45) is 0. The Morgan fingerprint density at radius 3 is 2.59 bits per heavy atom. The smallest absolute Gasteiger partial charge is 0.338 e. The van der Waals surface area contributed by atoms with Gasteiger partial charge < -0.3 is 4.74 Å². The van der Waals surface area contributed by atoms with E-state index in [9.17, 15) is 14.0 Å². The molecule has 0 aliphatic carbocycles. The first-order valence-electron chi connectivity index (χ1n) is 9.22. The topological polar surface area (TPSA) is 59.0 Å². The lowest BCUT2D eigenvalue weighted by molar-refractivity contribution is -0.141. The number of fused-ring (bicyclic) bond motifs is 1. The molecular formula is C22H19FN2O3S. The summed E-state index contributed by atoms with van der Waals surface area (Å²) in [5.74, 6) is -1.31. The number of halogens is 1. The number of benzene rings is 2. The Bertz CT molecular complexity index is 1040. The van der Waals surface area contributed by atoms with Gasteiger partial charge in [-0.15, -0.1) is 0 Å². The van der Waals surface area contributed by atoms with Crippen molar-refractivity contribution < 1.29 is 18.7 Å². The molecular weight excluding hydrogens is 391 g/mol. The van der Waals surface area contributed by atoms with Gasteiger partial charge in [0.15, 0.2) is 5.17 Å². The van der Waals surface area contributed by atoms with Gasteiger partial charge in [0.25, 0.3) is 0 Å². The maximum Gasteiger partial charge on any atom is 0.338 e. The maximum absolute atomic E-state index is 14.7. The number of carbonyl (C=O) groups excluding carboxylic acids is 2. The number of hydrogen-bond donors (Lipinski definition) is 0. The highest BCUT2D eigenvalue weighted by Crippen LogP contribution is 2.43. The van der Waals surface area contributed by atoms with Crippen molar-refractivity contribution in [3.63, 3.8) is 0 Å². The van der Waals surface area contributed by atoms with Gasteiger partial charge in [-0.1, -0.05) is 60.3 Å². The molecule has 2 aliphatic rings. The van der Waals surface area contributed by atoms with Crippen molar-refractivity contribution in [3.8, 4) is 0 Å². The van der Waals surface area contributed by atoms with Crippen molar-refractivity contribution in [2.45, 2.75) is 31.7 Å². The number of amidine groups is 1. The van der Waals surface area contributed by atoms with Crippen LogP contribution in [0.25, 0.3) is 0 Å². The second-order valence-corrected chi connectivity index (χ2v) is 8.16. The number of amides is 1. The maximum atomic E-state index is 14.7. The van der Waals surface area contributed by atoms with E-state index in [0.717, 1.165) is 5.56 Å². The molecule has 5 nitrogen and oxygen atoms in total. The van der Waals surface area contributed by atoms with Gasteiger partial charge in [-0.25, -0.2) is 14.2 Å². The van der Waals surface area contributed by atoms with E-state index < -0.39 is 17.8 Å². The molecule has 0 spiro atoms. The molecule has 0 saturated carbocycles. The molecule has 0 aromatic heterocycles. The van der Waals surface area contributed by atoms with E-state index in [4.69, 9.17) is 4.74 Å². The fraction of sp³-hybridized carbons (Fsp3) is 0.227. The van der Waals surface area contributed by atoms with Gasteiger partial charge >= 0.3 is 5.97 Å². The Labute approximate surface area is 172 Å². The van der Waals surface area contributed by atoms with Crippen LogP contribution in [0, 0.1) is 5.82 Å². The normalized spacial score (nSPS) is 21.1. The number of rotatable bonds is 4. The Morgan fingerprint density at radius 1 is 1.17 bits per heavy atom. The van der Waals surface area contributed by atoms with Crippen LogP contribution in [0.1, 0.15) is 31.0 Å². The second kappa shape index (κ2) is 7.83. The summed E-state index contributed by atoms with van der Waals surface area (Å²) < 4.78 is 20.2. The van der Waals surface area contributed by atoms with Gasteiger partial charge in [0.1, 0.15) is 18.5 Å². The summed E-state index contributed by atoms with van der Waals surface area (Å²) in [7, 11) is 0. The zero-order valence-corrected chi connectivity index (χ0v) is 16.8. The van der Waals surface area contributed by atoms with Crippen molar-refractivity contribution >= 4 is 28.8 Å². The summed E-state index contributed by atoms with van der Waals surface area (Å²) in [6.45, 7) is 3.54. The van der Waals surface area contributed by atoms with Crippen molar-refractivity contribution in [1.82, 2.24) is 4.90 Å². The average molecular weight is 410 g/mol. The van der Waals surface area contributed by atoms with Crippen LogP contribution >= 0.6 is 11.8 Å². The number of aliphatic imine (C=N–C) groups is 1. The van der Waals surface area contributed by atoms with Crippen LogP contribution in [0.2, 0.25) is 0 Å². The van der Waals surface area contributed by atoms with Crippen LogP contribution in [0.4, 0.5) is 4.39 Å². The lowest BCUT2D eigenvalue weighted by Gasteiger charge is -2.33. The van der Waals surface area contributed by atoms with E-state index in [0.29, 0.717) is 10.9 Å². The van der Waals surface area contributed by atoms with E-state index in [2.05, 4.69) is 4.99 Å². The minimum atomic E-state index is -0.906. The van der Waals surface area contributed by atoms with Crippen LogP contribution in [0.15, 0.2) is 70.9 Å². The van der Waals surface area contributed by atoms with Crippen LogP contribution < -0.4 is 0 Å². The summed E-state index contributed by atoms with van der Waals surface area (Å²) in [5.41, 5.74) is 1.69. The van der Waals surface area contributed by atoms with Crippen molar-refractivity contribution in [2.75, 3.05) is 0 Å². The van der Waals surface area contributed by atoms with Gasteiger partial charge in [0.05, 0.1) is 16.5 Å². The molecule has 1 fully saturated rings. The molecule has 7 heteroatoms. The van der Waals surface area contributed by atoms with Gasteiger partial charge in [-0.05, 0) is 25.5 Å². The highest BCUT2D eigenvalue weighted by Gasteiger charge is 2.47. The number of allylic oxidation sites excluding steroid dienone is 1. The first-order valence-corrected chi connectivity index (χ1v) is 10.1. The SMILES string of the molecule is CC1=C(C(=O)OCc2ccccc2)C(c2ccccc2F)N2C(=O)C(C)SC2=N1. The number of esters is 1. The Hall–Kier alpha value is -2.93. The highest BCUT2D eigenvalue weighted by molar-refractivity contribution is 8.15. The Kier molecular flexibility index (Phi) is 5.24. The summed E-state index contributed by atoms with van der Waals surface area (Å²) in [5, 5.41) is 0.128. The summed E-state index contributed by atoms with van der Waals surface area (Å²) >= 11 is 1.31. The fourth-order valence-corrected chi connectivity index (χ4v) is 4.48. The summed E-state index contributed by atoms with van der Waals surface area (Å²) in [6, 6.07) is 14.5. The third kappa shape index (κ3) is 3.58. The van der Waals surface area contributed by atoms with Crippen molar-refractivity contribution in [1.29, 1.82) is 0 Å². The number of hydrogen-bond acceptors (Lipinski definition) is 5. The monoisotopic (exact) mass is 410 g/mol. The van der Waals surface area contributed by atoms with Crippen LogP contribution in [0.5, 0.6) is 0 Å². The Morgan fingerprint density at radius 2 is 1.86 bits per heavy atom. The molecule has 148 valence electrons. The molecule has 2 heterocycles. The van der Waals surface area contributed by atoms with Crippen LogP contribution in [-0.4, -0.2) is 27.2 Å². The number of ether oxygens (including phenoxy) is 1.